The van der Waals surface area contributed by atoms with E-state index in [0.29, 0.717) is 16.3 Å². The van der Waals surface area contributed by atoms with Crippen LogP contribution in [0.3, 0.4) is 0 Å². The fourth-order valence-electron chi connectivity index (χ4n) is 1.38. The van der Waals surface area contributed by atoms with Gasteiger partial charge < -0.3 is 4.74 Å². The molecule has 18 heavy (non-hydrogen) atoms. The number of ether oxygens (including phenoxy) is 1. The summed E-state index contributed by atoms with van der Waals surface area (Å²) in [6.07, 6.45) is 0.625. The van der Waals surface area contributed by atoms with Gasteiger partial charge in [0.05, 0.1) is 10.0 Å². The van der Waals surface area contributed by atoms with Crippen molar-refractivity contribution in [2.24, 2.45) is 0 Å². The Balaban J connectivity index is 2.39. The van der Waals surface area contributed by atoms with E-state index in [2.05, 4.69) is 15.9 Å². The summed E-state index contributed by atoms with van der Waals surface area (Å²) in [4.78, 5) is 10.9. The molecule has 0 bridgehead atoms. The molecular formula is C13H7BrF2O2. The van der Waals surface area contributed by atoms with Gasteiger partial charge >= 0.3 is 0 Å². The molecule has 0 saturated carbocycles. The van der Waals surface area contributed by atoms with Crippen LogP contribution in [0.25, 0.3) is 0 Å². The minimum atomic E-state index is -1.01. The summed E-state index contributed by atoms with van der Waals surface area (Å²) >= 11 is 3.23. The van der Waals surface area contributed by atoms with Crippen LogP contribution in [-0.2, 0) is 0 Å². The van der Waals surface area contributed by atoms with Gasteiger partial charge in [0, 0.05) is 6.07 Å². The molecule has 2 nitrogen and oxygen atoms in total. The smallest absolute Gasteiger partial charge is 0.162 e. The van der Waals surface area contributed by atoms with Crippen LogP contribution in [0.5, 0.6) is 11.5 Å². The van der Waals surface area contributed by atoms with Crippen molar-refractivity contribution in [1.29, 1.82) is 0 Å². The summed E-state index contributed by atoms with van der Waals surface area (Å²) in [5.74, 6) is -1.58. The second-order valence-electron chi connectivity index (χ2n) is 3.45. The Morgan fingerprint density at radius 1 is 1.11 bits per heavy atom. The molecule has 0 heterocycles. The SMILES string of the molecule is O=Cc1cccc(Br)c1Oc1ccc(F)c(F)c1. The van der Waals surface area contributed by atoms with Crippen LogP contribution in [0.4, 0.5) is 8.78 Å². The molecule has 0 saturated heterocycles. The van der Waals surface area contributed by atoms with E-state index in [1.807, 2.05) is 0 Å². The molecule has 0 aliphatic rings. The average Bonchev–Trinajstić information content (AvgIpc) is 2.36. The molecule has 2 aromatic rings. The Labute approximate surface area is 110 Å². The van der Waals surface area contributed by atoms with Gasteiger partial charge in [-0.2, -0.15) is 0 Å². The molecule has 0 aliphatic carbocycles. The van der Waals surface area contributed by atoms with E-state index in [-0.39, 0.29) is 11.5 Å². The van der Waals surface area contributed by atoms with Crippen molar-refractivity contribution in [3.8, 4) is 11.5 Å². The predicted molar refractivity (Wildman–Crippen MR) is 66.0 cm³/mol. The molecule has 92 valence electrons. The first-order chi connectivity index (χ1) is 8.61. The first-order valence-corrected chi connectivity index (χ1v) is 5.77. The highest BCUT2D eigenvalue weighted by Crippen LogP contribution is 2.32. The zero-order valence-corrected chi connectivity index (χ0v) is 10.6. The van der Waals surface area contributed by atoms with Crippen molar-refractivity contribution in [2.75, 3.05) is 0 Å². The lowest BCUT2D eigenvalue weighted by molar-refractivity contribution is 0.112. The van der Waals surface area contributed by atoms with Crippen LogP contribution >= 0.6 is 15.9 Å². The monoisotopic (exact) mass is 312 g/mol. The van der Waals surface area contributed by atoms with Gasteiger partial charge in [-0.1, -0.05) is 6.07 Å². The number of halogens is 3. The summed E-state index contributed by atoms with van der Waals surface area (Å²) in [5.41, 5.74) is 0.314. The van der Waals surface area contributed by atoms with E-state index in [1.165, 1.54) is 6.07 Å². The molecule has 0 atom stereocenters. The van der Waals surface area contributed by atoms with Crippen molar-refractivity contribution >= 4 is 22.2 Å². The van der Waals surface area contributed by atoms with Gasteiger partial charge in [-0.25, -0.2) is 8.78 Å². The Bertz CT molecular complexity index is 600. The van der Waals surface area contributed by atoms with E-state index < -0.39 is 11.6 Å². The summed E-state index contributed by atoms with van der Waals surface area (Å²) in [6, 6.07) is 8.08. The van der Waals surface area contributed by atoms with Crippen molar-refractivity contribution < 1.29 is 18.3 Å². The topological polar surface area (TPSA) is 26.3 Å². The molecule has 0 N–H and O–H groups in total. The summed E-state index contributed by atoms with van der Waals surface area (Å²) in [6.45, 7) is 0. The third-order valence-corrected chi connectivity index (χ3v) is 2.86. The second kappa shape index (κ2) is 5.27. The molecule has 0 aromatic heterocycles. The number of aldehydes is 1. The highest BCUT2D eigenvalue weighted by atomic mass is 79.9. The summed E-state index contributed by atoms with van der Waals surface area (Å²) in [7, 11) is 0. The number of rotatable bonds is 3. The summed E-state index contributed by atoms with van der Waals surface area (Å²) in [5, 5.41) is 0. The second-order valence-corrected chi connectivity index (χ2v) is 4.31. The Morgan fingerprint density at radius 2 is 1.89 bits per heavy atom. The van der Waals surface area contributed by atoms with Gasteiger partial charge in [0.2, 0.25) is 0 Å². The number of hydrogen-bond acceptors (Lipinski definition) is 2. The van der Waals surface area contributed by atoms with Crippen molar-refractivity contribution in [1.82, 2.24) is 0 Å². The van der Waals surface area contributed by atoms with Gasteiger partial charge in [0.25, 0.3) is 0 Å². The van der Waals surface area contributed by atoms with Gasteiger partial charge in [-0.3, -0.25) is 4.79 Å². The molecule has 0 fully saturated rings. The molecule has 2 aromatic carbocycles. The average molecular weight is 313 g/mol. The lowest BCUT2D eigenvalue weighted by atomic mass is 10.2. The molecule has 0 spiro atoms. The van der Waals surface area contributed by atoms with Crippen molar-refractivity contribution in [3.05, 3.63) is 58.1 Å². The zero-order chi connectivity index (χ0) is 13.1. The largest absolute Gasteiger partial charge is 0.455 e. The van der Waals surface area contributed by atoms with E-state index in [0.717, 1.165) is 12.1 Å². The maximum atomic E-state index is 13.0. The van der Waals surface area contributed by atoms with Crippen LogP contribution in [-0.4, -0.2) is 6.29 Å². The molecule has 0 amide bonds. The molecule has 0 unspecified atom stereocenters. The van der Waals surface area contributed by atoms with Gasteiger partial charge in [0.1, 0.15) is 5.75 Å². The number of carbonyl (C=O) groups is 1. The number of para-hydroxylation sites is 1. The fraction of sp³-hybridized carbons (Fsp3) is 0. The third-order valence-electron chi connectivity index (χ3n) is 2.24. The van der Waals surface area contributed by atoms with Crippen LogP contribution in [0.2, 0.25) is 0 Å². The molecule has 0 radical (unpaired) electrons. The van der Waals surface area contributed by atoms with E-state index in [1.54, 1.807) is 18.2 Å². The minimum absolute atomic E-state index is 0.115. The molecule has 2 rings (SSSR count). The highest BCUT2D eigenvalue weighted by molar-refractivity contribution is 9.10. The van der Waals surface area contributed by atoms with Crippen molar-refractivity contribution in [3.63, 3.8) is 0 Å². The van der Waals surface area contributed by atoms with E-state index in [4.69, 9.17) is 4.74 Å². The van der Waals surface area contributed by atoms with Gasteiger partial charge in [-0.15, -0.1) is 0 Å². The number of hydrogen-bond donors (Lipinski definition) is 0. The maximum absolute atomic E-state index is 13.0. The van der Waals surface area contributed by atoms with E-state index in [9.17, 15) is 13.6 Å². The maximum Gasteiger partial charge on any atom is 0.162 e. The molecule has 0 aliphatic heterocycles. The van der Waals surface area contributed by atoms with Gasteiger partial charge in [-0.05, 0) is 40.2 Å². The number of carbonyl (C=O) groups excluding carboxylic acids is 1. The van der Waals surface area contributed by atoms with Crippen molar-refractivity contribution in [2.45, 2.75) is 0 Å². The van der Waals surface area contributed by atoms with Crippen LogP contribution < -0.4 is 4.74 Å². The lowest BCUT2D eigenvalue weighted by Crippen LogP contribution is -1.93. The zero-order valence-electron chi connectivity index (χ0n) is 8.99. The Morgan fingerprint density at radius 3 is 2.56 bits per heavy atom. The predicted octanol–water partition coefficient (Wildman–Crippen LogP) is 4.33. The number of benzene rings is 2. The van der Waals surface area contributed by atoms with Crippen LogP contribution in [0.1, 0.15) is 10.4 Å². The lowest BCUT2D eigenvalue weighted by Gasteiger charge is -2.10. The fourth-order valence-corrected chi connectivity index (χ4v) is 1.85. The quantitative estimate of drug-likeness (QED) is 0.788. The Hall–Kier alpha value is -1.75. The summed E-state index contributed by atoms with van der Waals surface area (Å²) < 4.78 is 31.7. The first kappa shape index (κ1) is 12.7. The first-order valence-electron chi connectivity index (χ1n) is 4.98. The van der Waals surface area contributed by atoms with Crippen LogP contribution in [0, 0.1) is 11.6 Å². The highest BCUT2D eigenvalue weighted by Gasteiger charge is 2.10. The third kappa shape index (κ3) is 2.56. The standard InChI is InChI=1S/C13H7BrF2O2/c14-10-3-1-2-8(7-17)13(10)18-9-4-5-11(15)12(16)6-9/h1-7H. The minimum Gasteiger partial charge on any atom is -0.455 e. The van der Waals surface area contributed by atoms with Crippen LogP contribution in [0.15, 0.2) is 40.9 Å². The Kier molecular flexibility index (Phi) is 3.72. The molecule has 5 heteroatoms. The normalized spacial score (nSPS) is 10.2. The molecular weight excluding hydrogens is 306 g/mol. The van der Waals surface area contributed by atoms with Gasteiger partial charge in [0.15, 0.2) is 23.7 Å². The van der Waals surface area contributed by atoms with E-state index >= 15 is 0 Å².